The van der Waals surface area contributed by atoms with Crippen molar-refractivity contribution in [3.63, 3.8) is 0 Å². The van der Waals surface area contributed by atoms with Crippen molar-refractivity contribution in [2.24, 2.45) is 0 Å². The summed E-state index contributed by atoms with van der Waals surface area (Å²) in [5.41, 5.74) is 1.41. The van der Waals surface area contributed by atoms with Crippen LogP contribution in [0, 0.1) is 11.3 Å². The van der Waals surface area contributed by atoms with E-state index in [2.05, 4.69) is 11.0 Å². The number of nitrogens with zero attached hydrogens (tertiary/aromatic N) is 3. The van der Waals surface area contributed by atoms with Gasteiger partial charge in [-0.05, 0) is 37.1 Å². The van der Waals surface area contributed by atoms with E-state index in [1.165, 1.54) is 0 Å². The zero-order valence-corrected chi connectivity index (χ0v) is 12.6. The highest BCUT2D eigenvalue weighted by atomic mass is 35.5. The Morgan fingerprint density at radius 1 is 1.48 bits per heavy atom. The number of hydrogen-bond acceptors (Lipinski definition) is 4. The van der Waals surface area contributed by atoms with Crippen molar-refractivity contribution in [3.05, 3.63) is 34.9 Å². The summed E-state index contributed by atoms with van der Waals surface area (Å²) in [5, 5.41) is 10.8. The Kier molecular flexibility index (Phi) is 3.96. The van der Waals surface area contributed by atoms with Gasteiger partial charge >= 0.3 is 0 Å². The van der Waals surface area contributed by atoms with Crippen LogP contribution in [0.4, 0.5) is 5.82 Å². The highest BCUT2D eigenvalue weighted by Gasteiger charge is 2.26. The van der Waals surface area contributed by atoms with Crippen molar-refractivity contribution >= 4 is 28.3 Å². The molecule has 2 heterocycles. The molecule has 1 aromatic carbocycles. The summed E-state index contributed by atoms with van der Waals surface area (Å²) in [7, 11) is 1.72. The molecule has 0 amide bonds. The van der Waals surface area contributed by atoms with Crippen LogP contribution < -0.4 is 4.90 Å². The van der Waals surface area contributed by atoms with Crippen molar-refractivity contribution < 1.29 is 4.74 Å². The third-order valence-electron chi connectivity index (χ3n) is 3.91. The fourth-order valence-electron chi connectivity index (χ4n) is 2.93. The van der Waals surface area contributed by atoms with Crippen LogP contribution in [0.5, 0.6) is 0 Å². The fraction of sp³-hybridized carbons (Fsp3) is 0.375. The van der Waals surface area contributed by atoms with Gasteiger partial charge in [-0.25, -0.2) is 4.98 Å². The van der Waals surface area contributed by atoms with Crippen molar-refractivity contribution in [1.82, 2.24) is 4.98 Å². The van der Waals surface area contributed by atoms with Gasteiger partial charge in [0.15, 0.2) is 0 Å². The molecule has 2 aromatic rings. The Hall–Kier alpha value is -1.83. The first kappa shape index (κ1) is 14.1. The van der Waals surface area contributed by atoms with Crippen molar-refractivity contribution in [2.45, 2.75) is 18.9 Å². The van der Waals surface area contributed by atoms with Crippen LogP contribution in [0.1, 0.15) is 18.4 Å². The zero-order valence-electron chi connectivity index (χ0n) is 11.8. The topological polar surface area (TPSA) is 49.1 Å². The van der Waals surface area contributed by atoms with Gasteiger partial charge in [-0.2, -0.15) is 5.26 Å². The van der Waals surface area contributed by atoms with E-state index in [1.807, 2.05) is 12.1 Å². The SMILES string of the molecule is COCC1CCCN1c1cc(C#N)c2cc(Cl)ccc2n1. The Morgan fingerprint density at radius 2 is 2.33 bits per heavy atom. The molecular weight excluding hydrogens is 286 g/mol. The summed E-state index contributed by atoms with van der Waals surface area (Å²) in [6.07, 6.45) is 2.21. The monoisotopic (exact) mass is 301 g/mol. The molecule has 1 aliphatic rings. The van der Waals surface area contributed by atoms with Crippen LogP contribution in [-0.2, 0) is 4.74 Å². The molecule has 1 unspecified atom stereocenters. The first-order chi connectivity index (χ1) is 10.2. The minimum atomic E-state index is 0.332. The lowest BCUT2D eigenvalue weighted by molar-refractivity contribution is 0.180. The molecule has 1 atom stereocenters. The van der Waals surface area contributed by atoms with Gasteiger partial charge in [0.2, 0.25) is 0 Å². The van der Waals surface area contributed by atoms with Crippen LogP contribution in [-0.4, -0.2) is 31.3 Å². The maximum Gasteiger partial charge on any atom is 0.130 e. The van der Waals surface area contributed by atoms with E-state index < -0.39 is 0 Å². The number of benzene rings is 1. The van der Waals surface area contributed by atoms with Crippen molar-refractivity contribution in [1.29, 1.82) is 5.26 Å². The van der Waals surface area contributed by atoms with E-state index in [-0.39, 0.29) is 0 Å². The maximum atomic E-state index is 9.40. The largest absolute Gasteiger partial charge is 0.383 e. The number of anilines is 1. The van der Waals surface area contributed by atoms with Gasteiger partial charge in [0.05, 0.1) is 29.8 Å². The molecule has 4 nitrogen and oxygen atoms in total. The molecule has 108 valence electrons. The molecule has 1 aliphatic heterocycles. The number of aromatic nitrogens is 1. The zero-order chi connectivity index (χ0) is 14.8. The molecule has 1 aromatic heterocycles. The van der Waals surface area contributed by atoms with E-state index >= 15 is 0 Å². The van der Waals surface area contributed by atoms with E-state index in [1.54, 1.807) is 19.2 Å². The predicted molar refractivity (Wildman–Crippen MR) is 83.7 cm³/mol. The lowest BCUT2D eigenvalue weighted by Crippen LogP contribution is -2.33. The third-order valence-corrected chi connectivity index (χ3v) is 4.14. The van der Waals surface area contributed by atoms with Crippen molar-refractivity contribution in [2.75, 3.05) is 25.2 Å². The second-order valence-corrected chi connectivity index (χ2v) is 5.68. The third kappa shape index (κ3) is 2.67. The van der Waals surface area contributed by atoms with Crippen molar-refractivity contribution in [3.8, 4) is 6.07 Å². The Labute approximate surface area is 128 Å². The highest BCUT2D eigenvalue weighted by Crippen LogP contribution is 2.29. The molecule has 0 saturated carbocycles. The molecule has 0 spiro atoms. The Bertz CT molecular complexity index is 710. The summed E-state index contributed by atoms with van der Waals surface area (Å²) in [6.45, 7) is 1.63. The lowest BCUT2D eigenvalue weighted by atomic mass is 10.1. The molecule has 0 aliphatic carbocycles. The summed E-state index contributed by atoms with van der Waals surface area (Å²) in [4.78, 5) is 6.93. The number of hydrogen-bond donors (Lipinski definition) is 0. The lowest BCUT2D eigenvalue weighted by Gasteiger charge is -2.25. The highest BCUT2D eigenvalue weighted by molar-refractivity contribution is 6.31. The minimum Gasteiger partial charge on any atom is -0.383 e. The van der Waals surface area contributed by atoms with Gasteiger partial charge in [-0.3, -0.25) is 0 Å². The van der Waals surface area contributed by atoms with E-state index in [0.717, 1.165) is 36.1 Å². The molecule has 21 heavy (non-hydrogen) atoms. The van der Waals surface area contributed by atoms with Gasteiger partial charge in [0.25, 0.3) is 0 Å². The van der Waals surface area contributed by atoms with Gasteiger partial charge < -0.3 is 9.64 Å². The number of halogens is 1. The molecule has 0 N–H and O–H groups in total. The Balaban J connectivity index is 2.08. The summed E-state index contributed by atoms with van der Waals surface area (Å²) < 4.78 is 5.29. The number of nitriles is 1. The first-order valence-electron chi connectivity index (χ1n) is 6.99. The number of ether oxygens (including phenoxy) is 1. The summed E-state index contributed by atoms with van der Waals surface area (Å²) >= 11 is 6.01. The average Bonchev–Trinajstić information content (AvgIpc) is 2.95. The average molecular weight is 302 g/mol. The maximum absolute atomic E-state index is 9.40. The molecule has 5 heteroatoms. The fourth-order valence-corrected chi connectivity index (χ4v) is 3.10. The van der Waals surface area contributed by atoms with Crippen LogP contribution in [0.2, 0.25) is 5.02 Å². The summed E-state index contributed by atoms with van der Waals surface area (Å²) in [6, 6.07) is 9.90. The molecule has 0 radical (unpaired) electrons. The van der Waals surface area contributed by atoms with Crippen LogP contribution in [0.3, 0.4) is 0 Å². The van der Waals surface area contributed by atoms with Crippen LogP contribution in [0.25, 0.3) is 10.9 Å². The van der Waals surface area contributed by atoms with Gasteiger partial charge in [0, 0.05) is 24.1 Å². The van der Waals surface area contributed by atoms with Gasteiger partial charge in [0.1, 0.15) is 5.82 Å². The molecule has 3 rings (SSSR count). The molecule has 1 fully saturated rings. The number of rotatable bonds is 3. The summed E-state index contributed by atoms with van der Waals surface area (Å²) in [5.74, 6) is 0.848. The normalized spacial score (nSPS) is 18.1. The number of methoxy groups -OCH3 is 1. The van der Waals surface area contributed by atoms with Crippen LogP contribution in [0.15, 0.2) is 24.3 Å². The molecule has 0 bridgehead atoms. The molecular formula is C16H16ClN3O. The molecule has 1 saturated heterocycles. The quantitative estimate of drug-likeness (QED) is 0.872. The van der Waals surface area contributed by atoms with Gasteiger partial charge in [-0.15, -0.1) is 0 Å². The van der Waals surface area contributed by atoms with E-state index in [4.69, 9.17) is 21.3 Å². The smallest absolute Gasteiger partial charge is 0.130 e. The van der Waals surface area contributed by atoms with Crippen LogP contribution >= 0.6 is 11.6 Å². The first-order valence-corrected chi connectivity index (χ1v) is 7.36. The van der Waals surface area contributed by atoms with E-state index in [0.29, 0.717) is 23.2 Å². The minimum absolute atomic E-state index is 0.332. The van der Waals surface area contributed by atoms with E-state index in [9.17, 15) is 5.26 Å². The Morgan fingerprint density at radius 3 is 3.10 bits per heavy atom. The van der Waals surface area contributed by atoms with Gasteiger partial charge in [-0.1, -0.05) is 11.6 Å². The number of fused-ring (bicyclic) bond motifs is 1. The second kappa shape index (κ2) is 5.88. The number of pyridine rings is 1. The second-order valence-electron chi connectivity index (χ2n) is 5.25. The predicted octanol–water partition coefficient (Wildman–Crippen LogP) is 3.38. The standard InChI is InChI=1S/C16H16ClN3O/c1-21-10-13-3-2-6-20(13)16-7-11(9-18)14-8-12(17)4-5-15(14)19-16/h4-5,7-8,13H,2-3,6,10H2,1H3.